The summed E-state index contributed by atoms with van der Waals surface area (Å²) in [5.41, 5.74) is 0. The molecule has 1 unspecified atom stereocenters. The van der Waals surface area contributed by atoms with Crippen molar-refractivity contribution in [2.24, 2.45) is 0 Å². The maximum absolute atomic E-state index is 11.1. The predicted octanol–water partition coefficient (Wildman–Crippen LogP) is 2.59. The molecule has 1 aliphatic heterocycles. The number of likely N-dealkylation sites (tertiary alicyclic amines) is 1. The van der Waals surface area contributed by atoms with Gasteiger partial charge in [-0.2, -0.15) is 0 Å². The van der Waals surface area contributed by atoms with E-state index in [1.54, 1.807) is 0 Å². The predicted molar refractivity (Wildman–Crippen MR) is 65.4 cm³/mol. The highest BCUT2D eigenvalue weighted by Gasteiger charge is 2.18. The number of rotatable bonds is 7. The van der Waals surface area contributed by atoms with Crippen molar-refractivity contribution in [3.63, 3.8) is 0 Å². The van der Waals surface area contributed by atoms with E-state index in [9.17, 15) is 4.79 Å². The normalized spacial score (nSPS) is 21.2. The zero-order chi connectivity index (χ0) is 11.8. The van der Waals surface area contributed by atoms with Gasteiger partial charge in [0.1, 0.15) is 0 Å². The van der Waals surface area contributed by atoms with Crippen molar-refractivity contribution in [1.82, 2.24) is 4.90 Å². The fourth-order valence-electron chi connectivity index (χ4n) is 2.32. The molecule has 0 saturated carbocycles. The summed E-state index contributed by atoms with van der Waals surface area (Å²) in [4.78, 5) is 13.6. The molecule has 1 aliphatic rings. The van der Waals surface area contributed by atoms with Crippen LogP contribution >= 0.6 is 0 Å². The Balaban J connectivity index is 1.93. The van der Waals surface area contributed by atoms with E-state index < -0.39 is 0 Å². The largest absolute Gasteiger partial charge is 0.466 e. The molecule has 1 atom stereocenters. The van der Waals surface area contributed by atoms with Gasteiger partial charge in [-0.15, -0.1) is 0 Å². The van der Waals surface area contributed by atoms with Gasteiger partial charge >= 0.3 is 5.97 Å². The van der Waals surface area contributed by atoms with Crippen molar-refractivity contribution < 1.29 is 9.53 Å². The average Bonchev–Trinajstić information content (AvgIpc) is 2.64. The monoisotopic (exact) mass is 227 g/mol. The van der Waals surface area contributed by atoms with Crippen LogP contribution in [0.4, 0.5) is 0 Å². The molecule has 0 N–H and O–H groups in total. The summed E-state index contributed by atoms with van der Waals surface area (Å²) in [5, 5.41) is 0. The molecule has 0 aromatic carbocycles. The summed E-state index contributed by atoms with van der Waals surface area (Å²) in [7, 11) is 0. The number of hydrogen-bond donors (Lipinski definition) is 0. The van der Waals surface area contributed by atoms with Crippen molar-refractivity contribution in [2.45, 2.75) is 58.4 Å². The lowest BCUT2D eigenvalue weighted by molar-refractivity contribution is -0.143. The highest BCUT2D eigenvalue weighted by molar-refractivity contribution is 5.69. The molecule has 3 nitrogen and oxygen atoms in total. The van der Waals surface area contributed by atoms with Crippen LogP contribution in [0.25, 0.3) is 0 Å². The minimum Gasteiger partial charge on any atom is -0.466 e. The molecule has 1 fully saturated rings. The number of nitrogens with zero attached hydrogens (tertiary/aromatic N) is 1. The Morgan fingerprint density at radius 3 is 2.81 bits per heavy atom. The minimum atomic E-state index is -0.0444. The fraction of sp³-hybridized carbons (Fsp3) is 0.923. The smallest absolute Gasteiger partial charge is 0.305 e. The van der Waals surface area contributed by atoms with E-state index in [1.165, 1.54) is 32.4 Å². The first-order chi connectivity index (χ1) is 7.74. The third-order valence-electron chi connectivity index (χ3n) is 3.32. The number of carbonyl (C=O) groups is 1. The molecule has 1 heterocycles. The number of carbonyl (C=O) groups excluding carboxylic acids is 1. The topological polar surface area (TPSA) is 29.5 Å². The lowest BCUT2D eigenvalue weighted by Crippen LogP contribution is -2.27. The Bertz CT molecular complexity index is 206. The van der Waals surface area contributed by atoms with Crippen molar-refractivity contribution in [3.05, 3.63) is 0 Å². The minimum absolute atomic E-state index is 0.0444. The molecule has 3 heteroatoms. The maximum Gasteiger partial charge on any atom is 0.305 e. The number of unbranched alkanes of at least 4 members (excludes halogenated alkanes) is 2. The van der Waals surface area contributed by atoms with Crippen molar-refractivity contribution >= 4 is 5.97 Å². The Morgan fingerprint density at radius 2 is 2.19 bits per heavy atom. The van der Waals surface area contributed by atoms with Crippen molar-refractivity contribution in [3.8, 4) is 0 Å². The standard InChI is InChI=1S/C13H25NO2/c1-3-16-13(15)9-5-4-6-10-14-11-7-8-12(14)2/h12H,3-11H2,1-2H3. The zero-order valence-corrected chi connectivity index (χ0v) is 10.7. The second kappa shape index (κ2) is 7.66. The number of esters is 1. The van der Waals surface area contributed by atoms with Crippen LogP contribution in [-0.2, 0) is 9.53 Å². The summed E-state index contributed by atoms with van der Waals surface area (Å²) in [5.74, 6) is -0.0444. The van der Waals surface area contributed by atoms with E-state index in [-0.39, 0.29) is 5.97 Å². The molecule has 0 amide bonds. The molecule has 0 aromatic rings. The first-order valence-electron chi connectivity index (χ1n) is 6.63. The van der Waals surface area contributed by atoms with Gasteiger partial charge in [-0.05, 0) is 52.6 Å². The van der Waals surface area contributed by atoms with Gasteiger partial charge in [0.25, 0.3) is 0 Å². The number of hydrogen-bond acceptors (Lipinski definition) is 3. The molecule has 0 aromatic heterocycles. The van der Waals surface area contributed by atoms with Crippen LogP contribution in [-0.4, -0.2) is 36.6 Å². The Hall–Kier alpha value is -0.570. The van der Waals surface area contributed by atoms with Crippen LogP contribution in [0.1, 0.15) is 52.4 Å². The van der Waals surface area contributed by atoms with Gasteiger partial charge in [0.2, 0.25) is 0 Å². The van der Waals surface area contributed by atoms with Gasteiger partial charge in [-0.25, -0.2) is 0 Å². The highest BCUT2D eigenvalue weighted by atomic mass is 16.5. The van der Waals surface area contributed by atoms with E-state index in [1.807, 2.05) is 6.92 Å². The average molecular weight is 227 g/mol. The van der Waals surface area contributed by atoms with Gasteiger partial charge in [0.15, 0.2) is 0 Å². The van der Waals surface area contributed by atoms with E-state index in [2.05, 4.69) is 11.8 Å². The molecule has 1 saturated heterocycles. The van der Waals surface area contributed by atoms with Crippen LogP contribution < -0.4 is 0 Å². The van der Waals surface area contributed by atoms with E-state index in [4.69, 9.17) is 4.74 Å². The Labute approximate surface area is 99.1 Å². The van der Waals surface area contributed by atoms with E-state index >= 15 is 0 Å². The quantitative estimate of drug-likeness (QED) is 0.494. The van der Waals surface area contributed by atoms with Gasteiger partial charge < -0.3 is 9.64 Å². The molecule has 0 spiro atoms. The first kappa shape index (κ1) is 13.5. The molecule has 94 valence electrons. The zero-order valence-electron chi connectivity index (χ0n) is 10.7. The first-order valence-corrected chi connectivity index (χ1v) is 6.63. The molecule has 0 radical (unpaired) electrons. The molecular formula is C13H25NO2. The van der Waals surface area contributed by atoms with Crippen molar-refractivity contribution in [1.29, 1.82) is 0 Å². The Kier molecular flexibility index (Phi) is 6.46. The molecule has 1 rings (SSSR count). The summed E-state index contributed by atoms with van der Waals surface area (Å²) in [6, 6.07) is 0.769. The second-order valence-electron chi connectivity index (χ2n) is 4.64. The van der Waals surface area contributed by atoms with Gasteiger partial charge in [-0.1, -0.05) is 6.42 Å². The van der Waals surface area contributed by atoms with Crippen LogP contribution in [0.15, 0.2) is 0 Å². The molecule has 0 aliphatic carbocycles. The molecule has 0 bridgehead atoms. The third-order valence-corrected chi connectivity index (χ3v) is 3.32. The molecular weight excluding hydrogens is 202 g/mol. The van der Waals surface area contributed by atoms with Crippen LogP contribution in [0.2, 0.25) is 0 Å². The lowest BCUT2D eigenvalue weighted by Gasteiger charge is -2.20. The summed E-state index contributed by atoms with van der Waals surface area (Å²) < 4.78 is 4.89. The molecule has 16 heavy (non-hydrogen) atoms. The van der Waals surface area contributed by atoms with E-state index in [0.29, 0.717) is 13.0 Å². The van der Waals surface area contributed by atoms with Crippen LogP contribution in [0.5, 0.6) is 0 Å². The third kappa shape index (κ3) is 4.97. The lowest BCUT2D eigenvalue weighted by atomic mass is 10.2. The van der Waals surface area contributed by atoms with E-state index in [0.717, 1.165) is 18.9 Å². The number of ether oxygens (including phenoxy) is 1. The maximum atomic E-state index is 11.1. The van der Waals surface area contributed by atoms with Gasteiger partial charge in [0, 0.05) is 12.5 Å². The van der Waals surface area contributed by atoms with Gasteiger partial charge in [-0.3, -0.25) is 4.79 Å². The van der Waals surface area contributed by atoms with Gasteiger partial charge in [0.05, 0.1) is 6.61 Å². The fourth-order valence-corrected chi connectivity index (χ4v) is 2.32. The summed E-state index contributed by atoms with van der Waals surface area (Å²) in [6.45, 7) is 7.13. The van der Waals surface area contributed by atoms with Crippen LogP contribution in [0, 0.1) is 0 Å². The summed E-state index contributed by atoms with van der Waals surface area (Å²) in [6.07, 6.45) is 6.61. The SMILES string of the molecule is CCOC(=O)CCCCCN1CCCC1C. The Morgan fingerprint density at radius 1 is 1.38 bits per heavy atom. The second-order valence-corrected chi connectivity index (χ2v) is 4.64. The van der Waals surface area contributed by atoms with Crippen LogP contribution in [0.3, 0.4) is 0 Å². The summed E-state index contributed by atoms with van der Waals surface area (Å²) >= 11 is 0. The highest BCUT2D eigenvalue weighted by Crippen LogP contribution is 2.17. The van der Waals surface area contributed by atoms with Crippen molar-refractivity contribution in [2.75, 3.05) is 19.7 Å².